The van der Waals surface area contributed by atoms with Crippen molar-refractivity contribution in [3.63, 3.8) is 0 Å². The van der Waals surface area contributed by atoms with Gasteiger partial charge in [-0.05, 0) is 24.3 Å². The molecule has 26 heavy (non-hydrogen) atoms. The standard InChI is InChI=1S/C18H9ClN2O4S/c19-12-4-5-16-11(6-12)8-14(18(22)25-16)15-9-26-17(20-15)10-2-1-3-13(7-10)21(23)24/h1-9H. The molecule has 4 rings (SSSR count). The molecule has 0 aliphatic heterocycles. The summed E-state index contributed by atoms with van der Waals surface area (Å²) in [6.45, 7) is 0. The highest BCUT2D eigenvalue weighted by Crippen LogP contribution is 2.31. The van der Waals surface area contributed by atoms with Crippen molar-refractivity contribution in [1.29, 1.82) is 0 Å². The number of hydrogen-bond acceptors (Lipinski definition) is 6. The SMILES string of the molecule is O=c1oc2ccc(Cl)cc2cc1-c1csc(-c2cccc([N+](=O)[O-])c2)n1. The van der Waals surface area contributed by atoms with Crippen molar-refractivity contribution in [3.05, 3.63) is 79.5 Å². The van der Waals surface area contributed by atoms with Crippen LogP contribution in [0.25, 0.3) is 32.8 Å². The molecule has 8 heteroatoms. The highest BCUT2D eigenvalue weighted by Gasteiger charge is 2.14. The molecule has 0 aliphatic rings. The van der Waals surface area contributed by atoms with Crippen molar-refractivity contribution in [1.82, 2.24) is 4.98 Å². The third kappa shape index (κ3) is 2.98. The maximum Gasteiger partial charge on any atom is 0.345 e. The number of fused-ring (bicyclic) bond motifs is 1. The average Bonchev–Trinajstić information content (AvgIpc) is 3.11. The fraction of sp³-hybridized carbons (Fsp3) is 0. The number of nitro benzene ring substituents is 1. The van der Waals surface area contributed by atoms with E-state index in [1.807, 2.05) is 0 Å². The van der Waals surface area contributed by atoms with Gasteiger partial charge in [-0.2, -0.15) is 0 Å². The first-order valence-corrected chi connectivity index (χ1v) is 8.71. The molecule has 2 heterocycles. The van der Waals surface area contributed by atoms with Crippen molar-refractivity contribution in [2.75, 3.05) is 0 Å². The number of benzene rings is 2. The summed E-state index contributed by atoms with van der Waals surface area (Å²) in [5.74, 6) is 0. The Hall–Kier alpha value is -3.03. The quantitative estimate of drug-likeness (QED) is 0.277. The van der Waals surface area contributed by atoms with E-state index in [0.717, 1.165) is 0 Å². The van der Waals surface area contributed by atoms with Crippen LogP contribution >= 0.6 is 22.9 Å². The molecule has 0 bridgehead atoms. The van der Waals surface area contributed by atoms with E-state index >= 15 is 0 Å². The molecule has 6 nitrogen and oxygen atoms in total. The summed E-state index contributed by atoms with van der Waals surface area (Å²) in [4.78, 5) is 27.2. The lowest BCUT2D eigenvalue weighted by Gasteiger charge is -2.00. The number of non-ortho nitro benzene ring substituents is 1. The van der Waals surface area contributed by atoms with Crippen LogP contribution in [0.3, 0.4) is 0 Å². The van der Waals surface area contributed by atoms with Gasteiger partial charge >= 0.3 is 5.63 Å². The van der Waals surface area contributed by atoms with E-state index in [2.05, 4.69) is 4.98 Å². The maximum absolute atomic E-state index is 12.3. The number of rotatable bonds is 3. The van der Waals surface area contributed by atoms with E-state index in [4.69, 9.17) is 16.0 Å². The Morgan fingerprint density at radius 2 is 2.00 bits per heavy atom. The zero-order valence-electron chi connectivity index (χ0n) is 13.0. The monoisotopic (exact) mass is 384 g/mol. The first-order chi connectivity index (χ1) is 12.5. The summed E-state index contributed by atoms with van der Waals surface area (Å²) in [6, 6.07) is 12.9. The molecular weight excluding hydrogens is 376 g/mol. The average molecular weight is 385 g/mol. The van der Waals surface area contributed by atoms with Crippen molar-refractivity contribution in [2.45, 2.75) is 0 Å². The Kier molecular flexibility index (Phi) is 4.02. The summed E-state index contributed by atoms with van der Waals surface area (Å²) in [5, 5.41) is 14.5. The van der Waals surface area contributed by atoms with Gasteiger partial charge in [-0.3, -0.25) is 10.1 Å². The van der Waals surface area contributed by atoms with Crippen LogP contribution in [0.15, 0.2) is 63.1 Å². The van der Waals surface area contributed by atoms with Crippen molar-refractivity contribution in [3.8, 4) is 21.8 Å². The van der Waals surface area contributed by atoms with E-state index in [0.29, 0.717) is 37.8 Å². The largest absolute Gasteiger partial charge is 0.422 e. The molecule has 0 saturated heterocycles. The molecule has 2 aromatic carbocycles. The van der Waals surface area contributed by atoms with Crippen LogP contribution in [-0.4, -0.2) is 9.91 Å². The molecule has 0 amide bonds. The number of nitrogens with zero attached hydrogens (tertiary/aromatic N) is 2. The lowest BCUT2D eigenvalue weighted by atomic mass is 10.1. The molecular formula is C18H9ClN2O4S. The van der Waals surface area contributed by atoms with Gasteiger partial charge in [0.25, 0.3) is 5.69 Å². The van der Waals surface area contributed by atoms with Gasteiger partial charge in [0.05, 0.1) is 16.2 Å². The minimum absolute atomic E-state index is 0.0147. The Labute approximate surface area is 155 Å². The number of hydrogen-bond donors (Lipinski definition) is 0. The third-order valence-corrected chi connectivity index (χ3v) is 4.90. The zero-order valence-corrected chi connectivity index (χ0v) is 14.6. The number of thiazole rings is 1. The van der Waals surface area contributed by atoms with Gasteiger partial charge in [0.15, 0.2) is 0 Å². The molecule has 0 spiro atoms. The summed E-state index contributed by atoms with van der Waals surface area (Å²) in [7, 11) is 0. The lowest BCUT2D eigenvalue weighted by molar-refractivity contribution is -0.384. The highest BCUT2D eigenvalue weighted by atomic mass is 35.5. The Morgan fingerprint density at radius 3 is 2.81 bits per heavy atom. The topological polar surface area (TPSA) is 86.2 Å². The minimum atomic E-state index is -0.504. The number of halogens is 1. The van der Waals surface area contributed by atoms with Crippen molar-refractivity contribution >= 4 is 39.6 Å². The van der Waals surface area contributed by atoms with E-state index in [1.165, 1.54) is 23.5 Å². The van der Waals surface area contributed by atoms with Crippen LogP contribution in [-0.2, 0) is 0 Å². The lowest BCUT2D eigenvalue weighted by Crippen LogP contribution is -2.02. The predicted molar refractivity (Wildman–Crippen MR) is 101 cm³/mol. The van der Waals surface area contributed by atoms with E-state index in [1.54, 1.807) is 41.8 Å². The summed E-state index contributed by atoms with van der Waals surface area (Å²) in [6.07, 6.45) is 0. The van der Waals surface area contributed by atoms with E-state index < -0.39 is 10.5 Å². The molecule has 0 atom stereocenters. The second-order valence-corrected chi connectivity index (χ2v) is 6.77. The van der Waals surface area contributed by atoms with Gasteiger partial charge in [-0.1, -0.05) is 23.7 Å². The first kappa shape index (κ1) is 16.4. The fourth-order valence-corrected chi connectivity index (χ4v) is 3.55. The summed E-state index contributed by atoms with van der Waals surface area (Å²) in [5.41, 5.74) is 1.30. The number of aromatic nitrogens is 1. The molecule has 0 unspecified atom stereocenters. The van der Waals surface area contributed by atoms with Crippen molar-refractivity contribution < 1.29 is 9.34 Å². The van der Waals surface area contributed by atoms with Gasteiger partial charge < -0.3 is 4.42 Å². The smallest absolute Gasteiger partial charge is 0.345 e. The van der Waals surface area contributed by atoms with Crippen LogP contribution in [0.5, 0.6) is 0 Å². The van der Waals surface area contributed by atoms with Crippen LogP contribution in [0.2, 0.25) is 5.02 Å². The summed E-state index contributed by atoms with van der Waals surface area (Å²) >= 11 is 7.29. The van der Waals surface area contributed by atoms with Gasteiger partial charge in [0.2, 0.25) is 0 Å². The molecule has 128 valence electrons. The molecule has 2 aromatic heterocycles. The Balaban J connectivity index is 1.80. The second kappa shape index (κ2) is 6.36. The Morgan fingerprint density at radius 1 is 1.15 bits per heavy atom. The van der Waals surface area contributed by atoms with Crippen LogP contribution < -0.4 is 5.63 Å². The van der Waals surface area contributed by atoms with Crippen LogP contribution in [0.4, 0.5) is 5.69 Å². The third-order valence-electron chi connectivity index (χ3n) is 3.78. The molecule has 0 N–H and O–H groups in total. The fourth-order valence-electron chi connectivity index (χ4n) is 2.56. The predicted octanol–water partition coefficient (Wildman–Crippen LogP) is 5.15. The molecule has 0 saturated carbocycles. The normalized spacial score (nSPS) is 11.0. The van der Waals surface area contributed by atoms with Gasteiger partial charge in [0, 0.05) is 33.5 Å². The van der Waals surface area contributed by atoms with Gasteiger partial charge in [-0.15, -0.1) is 11.3 Å². The van der Waals surface area contributed by atoms with Gasteiger partial charge in [0.1, 0.15) is 10.6 Å². The maximum atomic E-state index is 12.3. The first-order valence-electron chi connectivity index (χ1n) is 7.45. The molecule has 0 radical (unpaired) electrons. The second-order valence-electron chi connectivity index (χ2n) is 5.48. The highest BCUT2D eigenvalue weighted by molar-refractivity contribution is 7.13. The Bertz CT molecular complexity index is 1220. The van der Waals surface area contributed by atoms with Gasteiger partial charge in [-0.25, -0.2) is 9.78 Å². The summed E-state index contributed by atoms with van der Waals surface area (Å²) < 4.78 is 5.33. The van der Waals surface area contributed by atoms with E-state index in [9.17, 15) is 14.9 Å². The minimum Gasteiger partial charge on any atom is -0.422 e. The van der Waals surface area contributed by atoms with Crippen molar-refractivity contribution in [2.24, 2.45) is 0 Å². The zero-order chi connectivity index (χ0) is 18.3. The van der Waals surface area contributed by atoms with Crippen LogP contribution in [0, 0.1) is 10.1 Å². The molecule has 0 aliphatic carbocycles. The molecule has 0 fully saturated rings. The van der Waals surface area contributed by atoms with Crippen LogP contribution in [0.1, 0.15) is 0 Å². The number of nitro groups is 1. The van der Waals surface area contributed by atoms with E-state index in [-0.39, 0.29) is 5.69 Å². The molecule has 4 aromatic rings.